The number of rotatable bonds is 7. The Bertz CT molecular complexity index is 337. The fourth-order valence-corrected chi connectivity index (χ4v) is 1.53. The highest BCUT2D eigenvalue weighted by molar-refractivity contribution is 5.37. The lowest BCUT2D eigenvalue weighted by atomic mass is 10.0. The van der Waals surface area contributed by atoms with E-state index >= 15 is 0 Å². The van der Waals surface area contributed by atoms with Crippen LogP contribution >= 0.6 is 0 Å². The maximum absolute atomic E-state index is 5.71. The van der Waals surface area contributed by atoms with E-state index in [1.54, 1.807) is 0 Å². The van der Waals surface area contributed by atoms with Crippen LogP contribution in [-0.4, -0.2) is 26.4 Å². The summed E-state index contributed by atoms with van der Waals surface area (Å²) >= 11 is 0. The van der Waals surface area contributed by atoms with Gasteiger partial charge in [0.15, 0.2) is 0 Å². The molecule has 0 bridgehead atoms. The van der Waals surface area contributed by atoms with Crippen LogP contribution < -0.4 is 10.5 Å². The molecule has 17 heavy (non-hydrogen) atoms. The van der Waals surface area contributed by atoms with Gasteiger partial charge >= 0.3 is 0 Å². The van der Waals surface area contributed by atoms with Crippen LogP contribution in [0.15, 0.2) is 18.2 Å². The molecule has 2 N–H and O–H groups in total. The first-order valence-corrected chi connectivity index (χ1v) is 6.16. The Hall–Kier alpha value is -1.06. The van der Waals surface area contributed by atoms with Gasteiger partial charge in [0.25, 0.3) is 0 Å². The summed E-state index contributed by atoms with van der Waals surface area (Å²) in [5.41, 5.74) is 7.79. The zero-order valence-corrected chi connectivity index (χ0v) is 11.0. The van der Waals surface area contributed by atoms with E-state index in [2.05, 4.69) is 39.0 Å². The Morgan fingerprint density at radius 2 is 1.94 bits per heavy atom. The molecule has 96 valence electrons. The van der Waals surface area contributed by atoms with Gasteiger partial charge in [0, 0.05) is 6.54 Å². The molecular weight excluding hydrogens is 214 g/mol. The molecule has 0 saturated heterocycles. The van der Waals surface area contributed by atoms with Crippen LogP contribution in [0.1, 0.15) is 30.9 Å². The summed E-state index contributed by atoms with van der Waals surface area (Å²) in [6.07, 6.45) is 0. The largest absolute Gasteiger partial charge is 0.491 e. The summed E-state index contributed by atoms with van der Waals surface area (Å²) in [4.78, 5) is 0. The highest BCUT2D eigenvalue weighted by Gasteiger charge is 2.04. The minimum atomic E-state index is 0.520. The lowest BCUT2D eigenvalue weighted by molar-refractivity contribution is 0.105. The normalized spacial score (nSPS) is 10.9. The Labute approximate surface area is 104 Å². The molecule has 1 aromatic carbocycles. The first-order chi connectivity index (χ1) is 8.15. The third-order valence-electron chi connectivity index (χ3n) is 2.63. The van der Waals surface area contributed by atoms with Crippen molar-refractivity contribution in [2.24, 2.45) is 5.73 Å². The smallest absolute Gasteiger partial charge is 0.122 e. The Kier molecular flexibility index (Phi) is 6.01. The van der Waals surface area contributed by atoms with Gasteiger partial charge in [-0.3, -0.25) is 0 Å². The average Bonchev–Trinajstić information content (AvgIpc) is 2.30. The third-order valence-corrected chi connectivity index (χ3v) is 2.63. The van der Waals surface area contributed by atoms with Crippen molar-refractivity contribution in [2.45, 2.75) is 26.7 Å². The molecule has 3 heteroatoms. The monoisotopic (exact) mass is 237 g/mol. The van der Waals surface area contributed by atoms with Crippen LogP contribution in [0.2, 0.25) is 0 Å². The molecule has 0 atom stereocenters. The van der Waals surface area contributed by atoms with Crippen LogP contribution in [0, 0.1) is 6.92 Å². The van der Waals surface area contributed by atoms with Gasteiger partial charge in [-0.1, -0.05) is 26.0 Å². The standard InChI is InChI=1S/C14H23NO2/c1-11(2)13-5-4-12(3)14(10-13)17-9-8-16-7-6-15/h4-5,10-11H,6-9,15H2,1-3H3. The summed E-state index contributed by atoms with van der Waals surface area (Å²) in [5, 5.41) is 0. The van der Waals surface area contributed by atoms with E-state index in [1.165, 1.54) is 5.56 Å². The van der Waals surface area contributed by atoms with E-state index in [0.29, 0.717) is 32.3 Å². The van der Waals surface area contributed by atoms with Gasteiger partial charge < -0.3 is 15.2 Å². The number of benzene rings is 1. The number of ether oxygens (including phenoxy) is 2. The topological polar surface area (TPSA) is 44.5 Å². The molecule has 0 saturated carbocycles. The number of hydrogen-bond donors (Lipinski definition) is 1. The second-order valence-electron chi connectivity index (χ2n) is 4.43. The molecule has 0 unspecified atom stereocenters. The third kappa shape index (κ3) is 4.75. The van der Waals surface area contributed by atoms with Gasteiger partial charge in [0.2, 0.25) is 0 Å². The molecule has 0 fully saturated rings. The summed E-state index contributed by atoms with van der Waals surface area (Å²) in [5.74, 6) is 1.47. The minimum absolute atomic E-state index is 0.520. The van der Waals surface area contributed by atoms with Gasteiger partial charge in [0.1, 0.15) is 12.4 Å². The first-order valence-electron chi connectivity index (χ1n) is 6.16. The van der Waals surface area contributed by atoms with Crippen molar-refractivity contribution in [1.29, 1.82) is 0 Å². The number of nitrogens with two attached hydrogens (primary N) is 1. The predicted molar refractivity (Wildman–Crippen MR) is 70.6 cm³/mol. The summed E-state index contributed by atoms with van der Waals surface area (Å²) < 4.78 is 11.0. The molecule has 1 rings (SSSR count). The Morgan fingerprint density at radius 1 is 1.18 bits per heavy atom. The van der Waals surface area contributed by atoms with Crippen molar-refractivity contribution < 1.29 is 9.47 Å². The van der Waals surface area contributed by atoms with Crippen molar-refractivity contribution in [1.82, 2.24) is 0 Å². The van der Waals surface area contributed by atoms with Crippen molar-refractivity contribution in [3.05, 3.63) is 29.3 Å². The second-order valence-corrected chi connectivity index (χ2v) is 4.43. The van der Waals surface area contributed by atoms with E-state index < -0.39 is 0 Å². The molecule has 0 aliphatic carbocycles. The Balaban J connectivity index is 2.49. The quantitative estimate of drug-likeness (QED) is 0.741. The average molecular weight is 237 g/mol. The van der Waals surface area contributed by atoms with Crippen LogP contribution in [0.25, 0.3) is 0 Å². The number of hydrogen-bond acceptors (Lipinski definition) is 3. The molecule has 0 aliphatic rings. The molecule has 0 heterocycles. The van der Waals surface area contributed by atoms with Crippen molar-refractivity contribution in [2.75, 3.05) is 26.4 Å². The maximum atomic E-state index is 5.71. The number of aryl methyl sites for hydroxylation is 1. The summed E-state index contributed by atoms with van der Waals surface area (Å²) in [7, 11) is 0. The van der Waals surface area contributed by atoms with Crippen LogP contribution in [0.3, 0.4) is 0 Å². The van der Waals surface area contributed by atoms with E-state index in [4.69, 9.17) is 15.2 Å². The van der Waals surface area contributed by atoms with Gasteiger partial charge in [-0.2, -0.15) is 0 Å². The van der Waals surface area contributed by atoms with Crippen LogP contribution in [0.4, 0.5) is 0 Å². The van der Waals surface area contributed by atoms with E-state index in [-0.39, 0.29) is 0 Å². The summed E-state index contributed by atoms with van der Waals surface area (Å²) in [6.45, 7) is 8.72. The van der Waals surface area contributed by atoms with E-state index in [9.17, 15) is 0 Å². The van der Waals surface area contributed by atoms with Gasteiger partial charge in [-0.25, -0.2) is 0 Å². The fraction of sp³-hybridized carbons (Fsp3) is 0.571. The van der Waals surface area contributed by atoms with Gasteiger partial charge in [-0.05, 0) is 30.0 Å². The van der Waals surface area contributed by atoms with Crippen molar-refractivity contribution in [3.63, 3.8) is 0 Å². The highest BCUT2D eigenvalue weighted by Crippen LogP contribution is 2.24. The molecule has 0 aromatic heterocycles. The van der Waals surface area contributed by atoms with Crippen LogP contribution in [-0.2, 0) is 4.74 Å². The van der Waals surface area contributed by atoms with Crippen molar-refractivity contribution in [3.8, 4) is 5.75 Å². The molecule has 0 spiro atoms. The highest BCUT2D eigenvalue weighted by atomic mass is 16.5. The molecular formula is C14H23NO2. The van der Waals surface area contributed by atoms with Gasteiger partial charge in [0.05, 0.1) is 13.2 Å². The predicted octanol–water partition coefficient (Wildman–Crippen LogP) is 2.47. The lowest BCUT2D eigenvalue weighted by Gasteiger charge is -2.12. The zero-order chi connectivity index (χ0) is 12.7. The SMILES string of the molecule is Cc1ccc(C(C)C)cc1OCCOCCN. The zero-order valence-electron chi connectivity index (χ0n) is 11.0. The first kappa shape index (κ1) is 14.0. The Morgan fingerprint density at radius 3 is 2.59 bits per heavy atom. The lowest BCUT2D eigenvalue weighted by Crippen LogP contribution is -2.13. The maximum Gasteiger partial charge on any atom is 0.122 e. The molecule has 3 nitrogen and oxygen atoms in total. The molecule has 1 aromatic rings. The van der Waals surface area contributed by atoms with Crippen LogP contribution in [0.5, 0.6) is 5.75 Å². The van der Waals surface area contributed by atoms with Crippen molar-refractivity contribution >= 4 is 0 Å². The second kappa shape index (κ2) is 7.30. The fourth-order valence-electron chi connectivity index (χ4n) is 1.53. The van der Waals surface area contributed by atoms with Gasteiger partial charge in [-0.15, -0.1) is 0 Å². The molecule has 0 radical (unpaired) electrons. The molecule has 0 amide bonds. The molecule has 0 aliphatic heterocycles. The summed E-state index contributed by atoms with van der Waals surface area (Å²) in [6, 6.07) is 6.37. The minimum Gasteiger partial charge on any atom is -0.491 e. The van der Waals surface area contributed by atoms with E-state index in [0.717, 1.165) is 11.3 Å². The van der Waals surface area contributed by atoms with E-state index in [1.807, 2.05) is 0 Å².